The minimum absolute atomic E-state index is 0.105. The Kier molecular flexibility index (Phi) is 14.7. The summed E-state index contributed by atoms with van der Waals surface area (Å²) < 4.78 is 0. The van der Waals surface area contributed by atoms with E-state index < -0.39 is 0 Å². The summed E-state index contributed by atoms with van der Waals surface area (Å²) in [6, 6.07) is 75.4. The Morgan fingerprint density at radius 2 is 0.523 bits per heavy atom. The van der Waals surface area contributed by atoms with E-state index in [1.807, 2.05) is 0 Å². The molecule has 0 amide bonds. The number of hydrogen-bond donors (Lipinski definition) is 0. The van der Waals surface area contributed by atoms with E-state index in [0.717, 1.165) is 0 Å². The van der Waals surface area contributed by atoms with Gasteiger partial charge in [-0.05, 0) is 166 Å². The summed E-state index contributed by atoms with van der Waals surface area (Å²) in [5, 5.41) is 0. The van der Waals surface area contributed by atoms with Crippen LogP contribution in [0.2, 0.25) is 0 Å². The van der Waals surface area contributed by atoms with Gasteiger partial charge >= 0.3 is 0 Å². The van der Waals surface area contributed by atoms with Crippen LogP contribution in [-0.2, 0) is 43.3 Å². The third-order valence-electron chi connectivity index (χ3n) is 19.9. The molecular formula is C83H95BN2. The van der Waals surface area contributed by atoms with E-state index in [9.17, 15) is 0 Å². The monoisotopic (exact) mass is 1130 g/mol. The highest BCUT2D eigenvalue weighted by atomic mass is 15.2. The van der Waals surface area contributed by atoms with Crippen molar-refractivity contribution in [3.05, 3.63) is 266 Å². The number of hydrogen-bond acceptors (Lipinski definition) is 2. The largest absolute Gasteiger partial charge is 0.311 e. The zero-order valence-electron chi connectivity index (χ0n) is 55.9. The fraction of sp³-hybridized carbons (Fsp3) is 0.349. The van der Waals surface area contributed by atoms with Crippen LogP contribution in [0, 0.1) is 6.92 Å². The maximum absolute atomic E-state index is 2.69. The quantitative estimate of drug-likeness (QED) is 0.126. The van der Waals surface area contributed by atoms with Crippen molar-refractivity contribution in [2.75, 3.05) is 9.80 Å². The summed E-state index contributed by atoms with van der Waals surface area (Å²) in [5.41, 5.74) is 26.8. The second kappa shape index (κ2) is 20.9. The van der Waals surface area contributed by atoms with Crippen LogP contribution < -0.4 is 26.2 Å². The Hall–Kier alpha value is -7.36. The fourth-order valence-electron chi connectivity index (χ4n) is 14.8. The SMILES string of the molecule is Cc1cc2c3c(c1)N(c1ccc(C(C)(C)C)c(C(C)(C)c4ccccc4)c1)c1cc(C(C)(C)c4ccccc4)c(C(C)(C)C)cc1B3c1cc(C(C)(C)C)c(C(C)(C)c3ccccc3)cc1N2c1ccc(C(C)(C)C)c(C(C)(C)c2ccccc2)c1. The summed E-state index contributed by atoms with van der Waals surface area (Å²) in [5.74, 6) is 0. The van der Waals surface area contributed by atoms with Gasteiger partial charge in [0.1, 0.15) is 0 Å². The number of rotatable bonds is 10. The first kappa shape index (κ1) is 60.3. The van der Waals surface area contributed by atoms with E-state index in [4.69, 9.17) is 0 Å². The van der Waals surface area contributed by atoms with Crippen molar-refractivity contribution in [1.29, 1.82) is 0 Å². The number of aryl methyl sites for hydroxylation is 1. The Morgan fingerprint density at radius 3 is 0.791 bits per heavy atom. The first-order valence-electron chi connectivity index (χ1n) is 31.8. The Labute approximate surface area is 519 Å². The molecule has 11 rings (SSSR count). The summed E-state index contributed by atoms with van der Waals surface area (Å²) in [4.78, 5) is 5.39. The van der Waals surface area contributed by atoms with Gasteiger partial charge in [-0.3, -0.25) is 0 Å². The minimum Gasteiger partial charge on any atom is -0.311 e. The lowest BCUT2D eigenvalue weighted by atomic mass is 9.32. The van der Waals surface area contributed by atoms with Gasteiger partial charge in [0.25, 0.3) is 6.71 Å². The Morgan fingerprint density at radius 1 is 0.256 bits per heavy atom. The smallest absolute Gasteiger partial charge is 0.252 e. The highest BCUT2D eigenvalue weighted by molar-refractivity contribution is 7.00. The fourth-order valence-corrected chi connectivity index (χ4v) is 14.8. The van der Waals surface area contributed by atoms with Crippen LogP contribution >= 0.6 is 0 Å². The van der Waals surface area contributed by atoms with Crippen LogP contribution in [0.4, 0.5) is 34.1 Å². The van der Waals surface area contributed by atoms with E-state index in [2.05, 4.69) is 349 Å². The highest BCUT2D eigenvalue weighted by Crippen LogP contribution is 2.52. The lowest BCUT2D eigenvalue weighted by Gasteiger charge is -2.47. The Balaban J connectivity index is 1.32. The van der Waals surface area contributed by atoms with E-state index in [-0.39, 0.29) is 50.0 Å². The molecule has 86 heavy (non-hydrogen) atoms. The van der Waals surface area contributed by atoms with Crippen molar-refractivity contribution in [2.24, 2.45) is 0 Å². The van der Waals surface area contributed by atoms with Gasteiger partial charge in [-0.1, -0.05) is 284 Å². The lowest BCUT2D eigenvalue weighted by molar-refractivity contribution is 0.549. The van der Waals surface area contributed by atoms with E-state index in [1.54, 1.807) is 0 Å². The molecule has 0 spiro atoms. The van der Waals surface area contributed by atoms with Gasteiger partial charge in [-0.25, -0.2) is 0 Å². The molecule has 0 fully saturated rings. The minimum atomic E-state index is -0.331. The number of nitrogens with zero attached hydrogens (tertiary/aromatic N) is 2. The molecule has 2 aliphatic rings. The topological polar surface area (TPSA) is 6.48 Å². The van der Waals surface area contributed by atoms with Gasteiger partial charge in [0.2, 0.25) is 0 Å². The molecule has 0 aliphatic carbocycles. The van der Waals surface area contributed by atoms with Gasteiger partial charge < -0.3 is 9.80 Å². The average molecular weight is 1130 g/mol. The molecule has 0 saturated heterocycles. The normalized spacial score (nSPS) is 14.0. The first-order chi connectivity index (χ1) is 40.1. The van der Waals surface area contributed by atoms with Crippen LogP contribution in [-0.4, -0.2) is 6.71 Å². The van der Waals surface area contributed by atoms with Crippen LogP contribution in [0.5, 0.6) is 0 Å². The van der Waals surface area contributed by atoms with Crippen LogP contribution in [0.1, 0.15) is 211 Å². The maximum atomic E-state index is 2.69. The summed E-state index contributed by atoms with van der Waals surface area (Å²) >= 11 is 0. The predicted molar refractivity (Wildman–Crippen MR) is 374 cm³/mol. The van der Waals surface area contributed by atoms with Crippen molar-refractivity contribution in [3.63, 3.8) is 0 Å². The molecule has 440 valence electrons. The molecule has 3 heteroatoms. The van der Waals surface area contributed by atoms with Crippen molar-refractivity contribution in [2.45, 2.75) is 189 Å². The van der Waals surface area contributed by atoms with Crippen molar-refractivity contribution >= 4 is 57.2 Å². The van der Waals surface area contributed by atoms with E-state index in [0.29, 0.717) is 0 Å². The second-order valence-electron chi connectivity index (χ2n) is 31.7. The number of fused-ring (bicyclic) bond motifs is 4. The molecule has 0 bridgehead atoms. The van der Waals surface area contributed by atoms with Gasteiger partial charge in [0, 0.05) is 55.8 Å². The predicted octanol–water partition coefficient (Wildman–Crippen LogP) is 20.6. The zero-order chi connectivity index (χ0) is 62.1. The molecule has 0 unspecified atom stereocenters. The zero-order valence-corrected chi connectivity index (χ0v) is 55.9. The lowest BCUT2D eigenvalue weighted by Crippen LogP contribution is -2.62. The summed E-state index contributed by atoms with van der Waals surface area (Å²) in [6.45, 7) is 50.5. The molecule has 2 aliphatic heterocycles. The molecule has 0 aromatic heterocycles. The molecule has 0 saturated carbocycles. The average Bonchev–Trinajstić information content (AvgIpc) is 0.693. The first-order valence-corrected chi connectivity index (χ1v) is 31.8. The number of benzene rings is 9. The molecule has 0 radical (unpaired) electrons. The molecule has 0 atom stereocenters. The van der Waals surface area contributed by atoms with Crippen LogP contribution in [0.25, 0.3) is 0 Å². The van der Waals surface area contributed by atoms with Gasteiger partial charge in [0.05, 0.1) is 0 Å². The second-order valence-corrected chi connectivity index (χ2v) is 31.7. The van der Waals surface area contributed by atoms with E-state index in [1.165, 1.54) is 123 Å². The summed E-state index contributed by atoms with van der Waals surface area (Å²) in [6.07, 6.45) is 0. The summed E-state index contributed by atoms with van der Waals surface area (Å²) in [7, 11) is 0. The molecule has 9 aromatic carbocycles. The molecule has 9 aromatic rings. The van der Waals surface area contributed by atoms with Crippen molar-refractivity contribution in [1.82, 2.24) is 0 Å². The van der Waals surface area contributed by atoms with Crippen LogP contribution in [0.15, 0.2) is 194 Å². The third kappa shape index (κ3) is 10.3. The third-order valence-corrected chi connectivity index (χ3v) is 19.9. The molecule has 2 nitrogen and oxygen atoms in total. The molecule has 2 heterocycles. The standard InChI is InChI=1S/C83H95BN2/c1-54-46-73-75-74(47-54)86(60-43-45-62(77(5,6)7)66(49-60)81(16,17)56-36-28-23-29-37-56)72-53-68(83(20,21)58-40-32-25-33-41-58)64(79(11,12)13)51-70(72)84(75)69-50-63(78(8,9)10)67(82(18,19)57-38-30-24-31-39-57)52-71(69)85(73)59-42-44-61(76(2,3)4)65(48-59)80(14,15)55-34-26-22-27-35-55/h22-53H,1-21H3. The van der Waals surface area contributed by atoms with E-state index >= 15 is 0 Å². The van der Waals surface area contributed by atoms with Gasteiger partial charge in [-0.15, -0.1) is 0 Å². The highest BCUT2D eigenvalue weighted by Gasteiger charge is 2.48. The van der Waals surface area contributed by atoms with Crippen molar-refractivity contribution < 1.29 is 0 Å². The maximum Gasteiger partial charge on any atom is 0.252 e. The van der Waals surface area contributed by atoms with Gasteiger partial charge in [-0.2, -0.15) is 0 Å². The van der Waals surface area contributed by atoms with Crippen molar-refractivity contribution in [3.8, 4) is 0 Å². The molecular weight excluding hydrogens is 1040 g/mol. The number of anilines is 6. The Bertz CT molecular complexity index is 3760. The molecule has 0 N–H and O–H groups in total. The van der Waals surface area contributed by atoms with Crippen LogP contribution in [0.3, 0.4) is 0 Å². The van der Waals surface area contributed by atoms with Gasteiger partial charge in [0.15, 0.2) is 0 Å².